The van der Waals surface area contributed by atoms with Crippen LogP contribution in [0.2, 0.25) is 0 Å². The molecule has 154 valence electrons. The average molecular weight is 424 g/mol. The SMILES string of the molecule is CCS(=O)(=O)Nc1ccc(NC(=O)c2ccc3nc(C(F)F)[nH]c3c2)cc1OC. The second-order valence-electron chi connectivity index (χ2n) is 6.03. The van der Waals surface area contributed by atoms with Crippen molar-refractivity contribution in [1.29, 1.82) is 0 Å². The second-order valence-corrected chi connectivity index (χ2v) is 8.04. The summed E-state index contributed by atoms with van der Waals surface area (Å²) in [6.07, 6.45) is -2.74. The number of benzene rings is 2. The molecule has 0 fully saturated rings. The summed E-state index contributed by atoms with van der Waals surface area (Å²) in [6, 6.07) is 8.80. The minimum Gasteiger partial charge on any atom is -0.494 e. The Morgan fingerprint density at radius 3 is 2.66 bits per heavy atom. The van der Waals surface area contributed by atoms with Crippen LogP contribution in [0.25, 0.3) is 11.0 Å². The number of imidazole rings is 1. The maximum absolute atomic E-state index is 12.8. The third-order valence-electron chi connectivity index (χ3n) is 4.07. The first-order valence-electron chi connectivity index (χ1n) is 8.50. The van der Waals surface area contributed by atoms with E-state index in [9.17, 15) is 22.0 Å². The first-order chi connectivity index (χ1) is 13.7. The Labute approximate surface area is 165 Å². The molecule has 0 aliphatic heterocycles. The monoisotopic (exact) mass is 424 g/mol. The minimum atomic E-state index is -3.49. The van der Waals surface area contributed by atoms with Crippen LogP contribution >= 0.6 is 0 Å². The predicted molar refractivity (Wildman–Crippen MR) is 105 cm³/mol. The van der Waals surface area contributed by atoms with Gasteiger partial charge in [-0.05, 0) is 37.3 Å². The lowest BCUT2D eigenvalue weighted by molar-refractivity contribution is 0.102. The molecule has 1 heterocycles. The molecule has 0 atom stereocenters. The highest BCUT2D eigenvalue weighted by molar-refractivity contribution is 7.92. The fourth-order valence-corrected chi connectivity index (χ4v) is 3.22. The number of rotatable bonds is 7. The number of aromatic nitrogens is 2. The standard InChI is InChI=1S/C18H18F2N4O4S/c1-3-29(26,27)24-13-7-5-11(9-15(13)28-2)21-18(25)10-4-6-12-14(8-10)23-17(22-12)16(19)20/h4-9,16,24H,3H2,1-2H3,(H,21,25)(H,22,23). The summed E-state index contributed by atoms with van der Waals surface area (Å²) in [6.45, 7) is 1.50. The van der Waals surface area contributed by atoms with Crippen molar-refractivity contribution in [1.82, 2.24) is 9.97 Å². The molecule has 3 rings (SSSR count). The normalized spacial score (nSPS) is 11.6. The molecular weight excluding hydrogens is 406 g/mol. The lowest BCUT2D eigenvalue weighted by Crippen LogP contribution is -2.16. The molecule has 0 radical (unpaired) electrons. The third kappa shape index (κ3) is 4.62. The predicted octanol–water partition coefficient (Wildman–Crippen LogP) is 3.52. The number of nitrogens with one attached hydrogen (secondary N) is 3. The van der Waals surface area contributed by atoms with Crippen molar-refractivity contribution < 1.29 is 26.7 Å². The van der Waals surface area contributed by atoms with E-state index >= 15 is 0 Å². The van der Waals surface area contributed by atoms with Crippen LogP contribution in [0.4, 0.5) is 20.2 Å². The fraction of sp³-hybridized carbons (Fsp3) is 0.222. The molecule has 3 N–H and O–H groups in total. The van der Waals surface area contributed by atoms with Crippen molar-refractivity contribution in [2.24, 2.45) is 0 Å². The van der Waals surface area contributed by atoms with Crippen LogP contribution in [0.1, 0.15) is 29.5 Å². The molecule has 29 heavy (non-hydrogen) atoms. The van der Waals surface area contributed by atoms with E-state index in [0.29, 0.717) is 16.7 Å². The van der Waals surface area contributed by atoms with E-state index in [1.54, 1.807) is 0 Å². The Morgan fingerprint density at radius 2 is 2.00 bits per heavy atom. The highest BCUT2D eigenvalue weighted by atomic mass is 32.2. The summed E-state index contributed by atoms with van der Waals surface area (Å²) in [5, 5.41) is 2.65. The second kappa shape index (κ2) is 8.03. The van der Waals surface area contributed by atoms with Crippen LogP contribution < -0.4 is 14.8 Å². The average Bonchev–Trinajstić information content (AvgIpc) is 3.12. The van der Waals surface area contributed by atoms with Gasteiger partial charge in [-0.15, -0.1) is 0 Å². The van der Waals surface area contributed by atoms with Crippen molar-refractivity contribution in [3.05, 3.63) is 47.8 Å². The summed E-state index contributed by atoms with van der Waals surface area (Å²) in [4.78, 5) is 18.7. The first-order valence-corrected chi connectivity index (χ1v) is 10.2. The zero-order valence-corrected chi connectivity index (χ0v) is 16.3. The molecule has 0 saturated heterocycles. The van der Waals surface area contributed by atoms with Gasteiger partial charge in [0.25, 0.3) is 12.3 Å². The van der Waals surface area contributed by atoms with Crippen molar-refractivity contribution >= 4 is 38.3 Å². The van der Waals surface area contributed by atoms with Crippen LogP contribution in [0, 0.1) is 0 Å². The van der Waals surface area contributed by atoms with Gasteiger partial charge in [-0.3, -0.25) is 9.52 Å². The van der Waals surface area contributed by atoms with Crippen molar-refractivity contribution in [3.63, 3.8) is 0 Å². The molecule has 3 aromatic rings. The summed E-state index contributed by atoms with van der Waals surface area (Å²) in [5.41, 5.74) is 1.48. The maximum Gasteiger partial charge on any atom is 0.295 e. The van der Waals surface area contributed by atoms with Gasteiger partial charge < -0.3 is 15.0 Å². The number of ether oxygens (including phenoxy) is 1. The van der Waals surface area contributed by atoms with Crippen LogP contribution in [0.3, 0.4) is 0 Å². The zero-order chi connectivity index (χ0) is 21.2. The topological polar surface area (TPSA) is 113 Å². The van der Waals surface area contributed by atoms with Crippen LogP contribution in [-0.4, -0.2) is 37.2 Å². The maximum atomic E-state index is 12.8. The van der Waals surface area contributed by atoms with Gasteiger partial charge in [-0.2, -0.15) is 0 Å². The molecule has 11 heteroatoms. The molecular formula is C18H18F2N4O4S. The Morgan fingerprint density at radius 1 is 1.24 bits per heavy atom. The lowest BCUT2D eigenvalue weighted by atomic mass is 10.2. The van der Waals surface area contributed by atoms with Gasteiger partial charge in [-0.25, -0.2) is 22.2 Å². The van der Waals surface area contributed by atoms with Crippen LogP contribution in [-0.2, 0) is 10.0 Å². The Hall–Kier alpha value is -3.21. The fourth-order valence-electron chi connectivity index (χ4n) is 2.57. The molecule has 1 amide bonds. The highest BCUT2D eigenvalue weighted by Crippen LogP contribution is 2.29. The number of alkyl halides is 2. The molecule has 0 aliphatic carbocycles. The van der Waals surface area contributed by atoms with E-state index in [2.05, 4.69) is 20.0 Å². The number of anilines is 2. The first kappa shape index (κ1) is 20.5. The van der Waals surface area contributed by atoms with Gasteiger partial charge in [0, 0.05) is 17.3 Å². The number of hydrogen-bond acceptors (Lipinski definition) is 5. The summed E-state index contributed by atoms with van der Waals surface area (Å²) in [5.74, 6) is -0.820. The molecule has 0 saturated carbocycles. The van der Waals surface area contributed by atoms with E-state index < -0.39 is 28.2 Å². The largest absolute Gasteiger partial charge is 0.494 e. The molecule has 0 bridgehead atoms. The number of carbonyl (C=O) groups excluding carboxylic acids is 1. The molecule has 0 unspecified atom stereocenters. The van der Waals surface area contributed by atoms with E-state index in [1.807, 2.05) is 0 Å². The number of hydrogen-bond donors (Lipinski definition) is 3. The quantitative estimate of drug-likeness (QED) is 0.537. The van der Waals surface area contributed by atoms with Crippen molar-refractivity contribution in [3.8, 4) is 5.75 Å². The lowest BCUT2D eigenvalue weighted by Gasteiger charge is -2.13. The van der Waals surface area contributed by atoms with Gasteiger partial charge in [0.15, 0.2) is 5.82 Å². The number of aromatic amines is 1. The third-order valence-corrected chi connectivity index (χ3v) is 5.36. The van der Waals surface area contributed by atoms with Crippen molar-refractivity contribution in [2.75, 3.05) is 22.9 Å². The molecule has 8 nitrogen and oxygen atoms in total. The Bertz CT molecular complexity index is 1160. The Kier molecular flexibility index (Phi) is 5.69. The summed E-state index contributed by atoms with van der Waals surface area (Å²) >= 11 is 0. The van der Waals surface area contributed by atoms with E-state index in [1.165, 1.54) is 50.4 Å². The number of H-pyrrole nitrogens is 1. The van der Waals surface area contributed by atoms with Crippen molar-refractivity contribution in [2.45, 2.75) is 13.3 Å². The smallest absolute Gasteiger partial charge is 0.295 e. The number of fused-ring (bicyclic) bond motifs is 1. The number of sulfonamides is 1. The Balaban J connectivity index is 1.82. The van der Waals surface area contributed by atoms with Crippen LogP contribution in [0.15, 0.2) is 36.4 Å². The summed E-state index contributed by atoms with van der Waals surface area (Å²) < 4.78 is 56.6. The van der Waals surface area contributed by atoms with Gasteiger partial charge in [-0.1, -0.05) is 0 Å². The highest BCUT2D eigenvalue weighted by Gasteiger charge is 2.16. The molecule has 0 spiro atoms. The van der Waals surface area contributed by atoms with Gasteiger partial charge in [0.05, 0.1) is 29.6 Å². The van der Waals surface area contributed by atoms with Crippen LogP contribution in [0.5, 0.6) is 5.75 Å². The van der Waals surface area contributed by atoms with E-state index in [0.717, 1.165) is 0 Å². The van der Waals surface area contributed by atoms with E-state index in [-0.39, 0.29) is 22.8 Å². The minimum absolute atomic E-state index is 0.0992. The van der Waals surface area contributed by atoms with E-state index in [4.69, 9.17) is 4.74 Å². The van der Waals surface area contributed by atoms with Gasteiger partial charge in [0.2, 0.25) is 10.0 Å². The zero-order valence-electron chi connectivity index (χ0n) is 15.5. The molecule has 2 aromatic carbocycles. The summed E-state index contributed by atoms with van der Waals surface area (Å²) in [7, 11) is -2.12. The molecule has 0 aliphatic rings. The molecule has 1 aromatic heterocycles. The van der Waals surface area contributed by atoms with Gasteiger partial charge in [0.1, 0.15) is 5.75 Å². The number of carbonyl (C=O) groups is 1. The number of amides is 1. The number of nitrogens with zero attached hydrogens (tertiary/aromatic N) is 1. The number of methoxy groups -OCH3 is 1. The number of halogens is 2. The van der Waals surface area contributed by atoms with Gasteiger partial charge >= 0.3 is 0 Å².